The fraction of sp³-hybridized carbons (Fsp3) is 0.304. The zero-order valence-electron chi connectivity index (χ0n) is 17.6. The maximum absolute atomic E-state index is 13.2. The summed E-state index contributed by atoms with van der Waals surface area (Å²) in [5.74, 6) is -0.990. The Morgan fingerprint density at radius 1 is 1.06 bits per heavy atom. The Hall–Kier alpha value is -3.13. The molecule has 8 heteroatoms. The molecule has 1 heterocycles. The molecule has 1 N–H and O–H groups in total. The SMILES string of the molecule is C[C@@H]1C(CC(C)(C)C(=O)O)=Cc2ccccc2N1S(=O)(=O)C(=O)OCc1ccccc1. The van der Waals surface area contributed by atoms with Gasteiger partial charge in [-0.2, -0.15) is 8.42 Å². The van der Waals surface area contributed by atoms with Crippen molar-refractivity contribution in [3.05, 3.63) is 71.3 Å². The van der Waals surface area contributed by atoms with Gasteiger partial charge in [-0.15, -0.1) is 0 Å². The summed E-state index contributed by atoms with van der Waals surface area (Å²) in [6.07, 6.45) is 1.93. The molecule has 2 aromatic carbocycles. The Morgan fingerprint density at radius 2 is 1.68 bits per heavy atom. The number of para-hydroxylation sites is 1. The van der Waals surface area contributed by atoms with Crippen LogP contribution in [0.4, 0.5) is 10.5 Å². The second-order valence-corrected chi connectivity index (χ2v) is 9.82. The maximum Gasteiger partial charge on any atom is 0.445 e. The number of sulfonamides is 1. The third-order valence-corrected chi connectivity index (χ3v) is 6.87. The number of hydrogen-bond donors (Lipinski definition) is 1. The highest BCUT2D eigenvalue weighted by atomic mass is 32.2. The molecule has 0 amide bonds. The molecule has 0 saturated heterocycles. The van der Waals surface area contributed by atoms with Gasteiger partial charge in [-0.1, -0.05) is 54.6 Å². The van der Waals surface area contributed by atoms with Crippen LogP contribution >= 0.6 is 0 Å². The third-order valence-electron chi connectivity index (χ3n) is 5.30. The summed E-state index contributed by atoms with van der Waals surface area (Å²) in [4.78, 5) is 24.2. The van der Waals surface area contributed by atoms with E-state index in [4.69, 9.17) is 4.74 Å². The second kappa shape index (κ2) is 8.55. The normalized spacial score (nSPS) is 16.3. The summed E-state index contributed by atoms with van der Waals surface area (Å²) in [6, 6.07) is 14.8. The number of rotatable bonds is 6. The first-order valence-corrected chi connectivity index (χ1v) is 11.3. The lowest BCUT2D eigenvalue weighted by atomic mass is 9.82. The van der Waals surface area contributed by atoms with E-state index in [1.54, 1.807) is 81.4 Å². The molecule has 1 atom stereocenters. The molecule has 0 aromatic heterocycles. The number of ether oxygens (including phenoxy) is 1. The summed E-state index contributed by atoms with van der Waals surface area (Å²) in [6.45, 7) is 4.63. The van der Waals surface area contributed by atoms with E-state index in [0.717, 1.165) is 4.31 Å². The van der Waals surface area contributed by atoms with E-state index in [1.807, 2.05) is 0 Å². The number of nitrogens with zero attached hydrogens (tertiary/aromatic N) is 1. The van der Waals surface area contributed by atoms with Gasteiger partial charge in [0.1, 0.15) is 6.61 Å². The van der Waals surface area contributed by atoms with Crippen LogP contribution in [0.5, 0.6) is 0 Å². The van der Waals surface area contributed by atoms with Crippen LogP contribution in [0.1, 0.15) is 38.3 Å². The molecule has 164 valence electrons. The lowest BCUT2D eigenvalue weighted by Gasteiger charge is -2.37. The summed E-state index contributed by atoms with van der Waals surface area (Å²) >= 11 is 0. The quantitative estimate of drug-likeness (QED) is 0.662. The van der Waals surface area contributed by atoms with Crippen LogP contribution in [0.15, 0.2) is 60.2 Å². The van der Waals surface area contributed by atoms with Crippen molar-refractivity contribution in [2.24, 2.45) is 5.41 Å². The van der Waals surface area contributed by atoms with Crippen molar-refractivity contribution in [2.75, 3.05) is 4.31 Å². The minimum absolute atomic E-state index is 0.128. The highest BCUT2D eigenvalue weighted by Gasteiger charge is 2.41. The van der Waals surface area contributed by atoms with Gasteiger partial charge in [0.25, 0.3) is 0 Å². The van der Waals surface area contributed by atoms with Gasteiger partial charge >= 0.3 is 21.3 Å². The van der Waals surface area contributed by atoms with Gasteiger partial charge in [0.15, 0.2) is 0 Å². The first kappa shape index (κ1) is 22.6. The predicted molar refractivity (Wildman–Crippen MR) is 118 cm³/mol. The van der Waals surface area contributed by atoms with Crippen LogP contribution in [0.3, 0.4) is 0 Å². The summed E-state index contributed by atoms with van der Waals surface area (Å²) in [7, 11) is -4.52. The minimum Gasteiger partial charge on any atom is -0.481 e. The van der Waals surface area contributed by atoms with Crippen LogP contribution in [0.25, 0.3) is 6.08 Å². The lowest BCUT2D eigenvalue weighted by Crippen LogP contribution is -2.46. The van der Waals surface area contributed by atoms with Crippen molar-refractivity contribution < 1.29 is 27.9 Å². The average Bonchev–Trinajstić information content (AvgIpc) is 2.72. The summed E-state index contributed by atoms with van der Waals surface area (Å²) in [5.41, 5.74) is 1.11. The Balaban J connectivity index is 1.94. The molecular weight excluding hydrogens is 418 g/mol. The van der Waals surface area contributed by atoms with Crippen LogP contribution in [0.2, 0.25) is 0 Å². The predicted octanol–water partition coefficient (Wildman–Crippen LogP) is 4.45. The maximum atomic E-state index is 13.2. The van der Waals surface area contributed by atoms with Gasteiger partial charge in [-0.05, 0) is 50.0 Å². The molecule has 0 fully saturated rings. The molecule has 0 bridgehead atoms. The summed E-state index contributed by atoms with van der Waals surface area (Å²) < 4.78 is 32.6. The van der Waals surface area contributed by atoms with Crippen molar-refractivity contribution in [1.82, 2.24) is 0 Å². The molecule has 2 aromatic rings. The zero-order chi connectivity index (χ0) is 22.8. The van der Waals surface area contributed by atoms with Crippen LogP contribution in [-0.4, -0.2) is 30.8 Å². The molecule has 0 saturated carbocycles. The van der Waals surface area contributed by atoms with E-state index in [0.29, 0.717) is 22.4 Å². The van der Waals surface area contributed by atoms with Gasteiger partial charge < -0.3 is 9.84 Å². The van der Waals surface area contributed by atoms with Crippen LogP contribution in [-0.2, 0) is 26.2 Å². The number of carboxylic acid groups (broad SMARTS) is 1. The van der Waals surface area contributed by atoms with Crippen molar-refractivity contribution in [1.29, 1.82) is 0 Å². The number of benzene rings is 2. The number of aliphatic carboxylic acids is 1. The molecule has 31 heavy (non-hydrogen) atoms. The molecule has 1 aliphatic heterocycles. The second-order valence-electron chi connectivity index (χ2n) is 8.14. The van der Waals surface area contributed by atoms with E-state index in [1.165, 1.54) is 0 Å². The van der Waals surface area contributed by atoms with Gasteiger partial charge in [-0.3, -0.25) is 9.10 Å². The largest absolute Gasteiger partial charge is 0.481 e. The van der Waals surface area contributed by atoms with E-state index in [9.17, 15) is 23.1 Å². The fourth-order valence-electron chi connectivity index (χ4n) is 3.48. The Labute approximate surface area is 182 Å². The Bertz CT molecular complexity index is 1120. The molecular formula is C23H25NO6S. The molecule has 0 spiro atoms. The van der Waals surface area contributed by atoms with E-state index in [2.05, 4.69) is 0 Å². The number of carboxylic acids is 1. The monoisotopic (exact) mass is 443 g/mol. The van der Waals surface area contributed by atoms with Gasteiger partial charge in [-0.25, -0.2) is 4.79 Å². The standard InChI is InChI=1S/C23H25NO6S/c1-16-19(14-23(2,3)21(25)26)13-18-11-7-8-12-20(18)24(16)31(28,29)22(27)30-15-17-9-5-4-6-10-17/h4-13,16H,14-15H2,1-3H3,(H,25,26)/t16-/m1/s1. The number of hydrogen-bond acceptors (Lipinski definition) is 5. The van der Waals surface area contributed by atoms with Gasteiger partial charge in [0.05, 0.1) is 17.1 Å². The van der Waals surface area contributed by atoms with Crippen molar-refractivity contribution in [3.63, 3.8) is 0 Å². The lowest BCUT2D eigenvalue weighted by molar-refractivity contribution is -0.146. The number of anilines is 1. The number of fused-ring (bicyclic) bond motifs is 1. The first-order valence-electron chi connectivity index (χ1n) is 9.82. The Morgan fingerprint density at radius 3 is 2.32 bits per heavy atom. The minimum atomic E-state index is -4.52. The van der Waals surface area contributed by atoms with Crippen molar-refractivity contribution in [3.8, 4) is 0 Å². The van der Waals surface area contributed by atoms with E-state index >= 15 is 0 Å². The van der Waals surface area contributed by atoms with Crippen LogP contribution < -0.4 is 4.31 Å². The van der Waals surface area contributed by atoms with Crippen molar-refractivity contribution in [2.45, 2.75) is 39.8 Å². The van der Waals surface area contributed by atoms with Crippen LogP contribution in [0, 0.1) is 5.41 Å². The molecule has 0 aliphatic carbocycles. The highest BCUT2D eigenvalue weighted by molar-refractivity contribution is 8.06. The van der Waals surface area contributed by atoms with Crippen molar-refractivity contribution >= 4 is 33.1 Å². The smallest absolute Gasteiger partial charge is 0.445 e. The highest BCUT2D eigenvalue weighted by Crippen LogP contribution is 2.39. The molecule has 3 rings (SSSR count). The molecule has 0 radical (unpaired) electrons. The molecule has 0 unspecified atom stereocenters. The third kappa shape index (κ3) is 4.64. The van der Waals surface area contributed by atoms with E-state index < -0.39 is 32.8 Å². The Kier molecular flexibility index (Phi) is 6.22. The number of carbonyl (C=O) groups excluding carboxylic acids is 1. The fourth-order valence-corrected chi connectivity index (χ4v) is 4.83. The number of carbonyl (C=O) groups is 2. The van der Waals surface area contributed by atoms with E-state index in [-0.39, 0.29) is 13.0 Å². The zero-order valence-corrected chi connectivity index (χ0v) is 18.4. The topological polar surface area (TPSA) is 101 Å². The molecule has 1 aliphatic rings. The first-order chi connectivity index (χ1) is 14.5. The summed E-state index contributed by atoms with van der Waals surface area (Å²) in [5, 5.41) is 8.16. The molecule has 7 nitrogen and oxygen atoms in total. The average molecular weight is 444 g/mol. The van der Waals surface area contributed by atoms with Gasteiger partial charge in [0.2, 0.25) is 0 Å². The van der Waals surface area contributed by atoms with Gasteiger partial charge in [0, 0.05) is 0 Å².